The molecule has 2 amide bonds. The number of hydrogen-bond acceptors (Lipinski definition) is 3. The van der Waals surface area contributed by atoms with Crippen molar-refractivity contribution in [1.82, 2.24) is 24.2 Å². The van der Waals surface area contributed by atoms with Crippen molar-refractivity contribution >= 4 is 22.8 Å². The lowest BCUT2D eigenvalue weighted by Crippen LogP contribution is -2.35. The number of nitrogens with one attached hydrogen (secondary N) is 1. The summed E-state index contributed by atoms with van der Waals surface area (Å²) < 4.78 is 3.84. The fourth-order valence-electron chi connectivity index (χ4n) is 3.71. The first-order valence-electron chi connectivity index (χ1n) is 8.53. The van der Waals surface area contributed by atoms with E-state index in [9.17, 15) is 4.79 Å². The van der Waals surface area contributed by atoms with E-state index in [0.717, 1.165) is 36.1 Å². The zero-order valence-corrected chi connectivity index (χ0v) is 14.7. The zero-order valence-electron chi connectivity index (χ0n) is 14.7. The number of aryl methyl sites for hydroxylation is 3. The van der Waals surface area contributed by atoms with Crippen LogP contribution in [0.15, 0.2) is 30.6 Å². The SMILES string of the molecule is Cc1nn(C)c2ncc(NC(=O)N3CCC[C@H]3c3cccn3C)cc12. The average Bonchev–Trinajstić information content (AvgIpc) is 3.28. The van der Waals surface area contributed by atoms with Gasteiger partial charge in [-0.2, -0.15) is 5.10 Å². The Balaban J connectivity index is 1.57. The van der Waals surface area contributed by atoms with E-state index < -0.39 is 0 Å². The third-order valence-electron chi connectivity index (χ3n) is 4.95. The Morgan fingerprint density at radius 3 is 2.96 bits per heavy atom. The summed E-state index contributed by atoms with van der Waals surface area (Å²) in [5.74, 6) is 0. The molecular formula is C18H22N6O. The van der Waals surface area contributed by atoms with E-state index in [-0.39, 0.29) is 12.1 Å². The van der Waals surface area contributed by atoms with E-state index >= 15 is 0 Å². The smallest absolute Gasteiger partial charge is 0.322 e. The Hall–Kier alpha value is -2.83. The van der Waals surface area contributed by atoms with Crippen LogP contribution in [0.25, 0.3) is 11.0 Å². The van der Waals surface area contributed by atoms with Crippen LogP contribution in [0.5, 0.6) is 0 Å². The maximum atomic E-state index is 12.8. The molecule has 7 heteroatoms. The minimum atomic E-state index is -0.0774. The monoisotopic (exact) mass is 338 g/mol. The first-order chi connectivity index (χ1) is 12.0. The van der Waals surface area contributed by atoms with E-state index in [1.54, 1.807) is 10.9 Å². The molecule has 1 atom stereocenters. The third-order valence-corrected chi connectivity index (χ3v) is 4.95. The number of carbonyl (C=O) groups excluding carboxylic acids is 1. The molecule has 1 saturated heterocycles. The van der Waals surface area contributed by atoms with Gasteiger partial charge in [-0.15, -0.1) is 0 Å². The molecule has 0 radical (unpaired) electrons. The lowest BCUT2D eigenvalue weighted by Gasteiger charge is -2.25. The number of pyridine rings is 1. The summed E-state index contributed by atoms with van der Waals surface area (Å²) in [6.07, 6.45) is 5.72. The molecule has 0 unspecified atom stereocenters. The highest BCUT2D eigenvalue weighted by Gasteiger charge is 2.31. The molecule has 0 saturated carbocycles. The van der Waals surface area contributed by atoms with Gasteiger partial charge in [0.15, 0.2) is 5.65 Å². The summed E-state index contributed by atoms with van der Waals surface area (Å²) in [5, 5.41) is 8.33. The van der Waals surface area contributed by atoms with Gasteiger partial charge in [0.1, 0.15) is 0 Å². The van der Waals surface area contributed by atoms with E-state index in [2.05, 4.69) is 26.0 Å². The third kappa shape index (κ3) is 2.65. The summed E-state index contributed by atoms with van der Waals surface area (Å²) >= 11 is 0. The summed E-state index contributed by atoms with van der Waals surface area (Å²) in [7, 11) is 3.89. The number of carbonyl (C=O) groups is 1. The first kappa shape index (κ1) is 15.7. The Bertz CT molecular complexity index is 940. The van der Waals surface area contributed by atoms with Gasteiger partial charge in [0, 0.05) is 37.9 Å². The highest BCUT2D eigenvalue weighted by atomic mass is 16.2. The molecule has 130 valence electrons. The minimum absolute atomic E-state index is 0.0774. The molecule has 7 nitrogen and oxygen atoms in total. The van der Waals surface area contributed by atoms with Gasteiger partial charge in [0.25, 0.3) is 0 Å². The minimum Gasteiger partial charge on any atom is -0.353 e. The van der Waals surface area contributed by atoms with Crippen LogP contribution in [-0.4, -0.2) is 36.8 Å². The fourth-order valence-corrected chi connectivity index (χ4v) is 3.71. The van der Waals surface area contributed by atoms with Gasteiger partial charge in [-0.05, 0) is 38.0 Å². The Labute approximate surface area is 146 Å². The number of nitrogens with zero attached hydrogens (tertiary/aromatic N) is 5. The van der Waals surface area contributed by atoms with Crippen LogP contribution in [-0.2, 0) is 14.1 Å². The number of anilines is 1. The van der Waals surface area contributed by atoms with E-state index in [4.69, 9.17) is 0 Å². The van der Waals surface area contributed by atoms with Gasteiger partial charge in [0.2, 0.25) is 0 Å². The van der Waals surface area contributed by atoms with Crippen molar-refractivity contribution in [3.8, 4) is 0 Å². The maximum Gasteiger partial charge on any atom is 0.322 e. The van der Waals surface area contributed by atoms with Crippen molar-refractivity contribution in [2.45, 2.75) is 25.8 Å². The molecule has 25 heavy (non-hydrogen) atoms. The molecule has 0 aliphatic carbocycles. The number of urea groups is 1. The molecule has 1 aliphatic heterocycles. The molecule has 1 fully saturated rings. The van der Waals surface area contributed by atoms with Crippen LogP contribution < -0.4 is 5.32 Å². The maximum absolute atomic E-state index is 12.8. The second kappa shape index (κ2) is 5.91. The average molecular weight is 338 g/mol. The molecular weight excluding hydrogens is 316 g/mol. The normalized spacial score (nSPS) is 17.4. The summed E-state index contributed by atoms with van der Waals surface area (Å²) in [6.45, 7) is 2.71. The first-order valence-corrected chi connectivity index (χ1v) is 8.53. The van der Waals surface area contributed by atoms with Gasteiger partial charge in [-0.1, -0.05) is 0 Å². The van der Waals surface area contributed by atoms with E-state index in [1.165, 1.54) is 5.69 Å². The predicted molar refractivity (Wildman–Crippen MR) is 96.4 cm³/mol. The van der Waals surface area contributed by atoms with Crippen molar-refractivity contribution < 1.29 is 4.79 Å². The van der Waals surface area contributed by atoms with Crippen molar-refractivity contribution in [3.63, 3.8) is 0 Å². The molecule has 3 aromatic heterocycles. The van der Waals surface area contributed by atoms with Crippen LogP contribution in [0.1, 0.15) is 30.3 Å². The predicted octanol–water partition coefficient (Wildman–Crippen LogP) is 2.98. The van der Waals surface area contributed by atoms with E-state index in [1.807, 2.05) is 44.2 Å². The Kier molecular flexibility index (Phi) is 3.71. The number of aromatic nitrogens is 4. The van der Waals surface area contributed by atoms with Crippen molar-refractivity contribution in [3.05, 3.63) is 42.0 Å². The quantitative estimate of drug-likeness (QED) is 0.781. The summed E-state index contributed by atoms with van der Waals surface area (Å²) in [5.41, 5.74) is 3.60. The van der Waals surface area contributed by atoms with Crippen LogP contribution in [0.3, 0.4) is 0 Å². The molecule has 1 aliphatic rings. The molecule has 4 rings (SSSR count). The second-order valence-electron chi connectivity index (χ2n) is 6.63. The van der Waals surface area contributed by atoms with Gasteiger partial charge < -0.3 is 14.8 Å². The number of fused-ring (bicyclic) bond motifs is 1. The standard InChI is InChI=1S/C18H22N6O/c1-12-14-10-13(11-19-17(14)23(3)21-12)20-18(25)24-9-5-7-16(24)15-6-4-8-22(15)2/h4,6,8,10-11,16H,5,7,9H2,1-3H3,(H,20,25)/t16-/m0/s1. The fraction of sp³-hybridized carbons (Fsp3) is 0.389. The topological polar surface area (TPSA) is 68.0 Å². The van der Waals surface area contributed by atoms with Crippen molar-refractivity contribution in [1.29, 1.82) is 0 Å². The van der Waals surface area contributed by atoms with Crippen LogP contribution in [0, 0.1) is 6.92 Å². The molecule has 0 bridgehead atoms. The molecule has 0 aromatic carbocycles. The highest BCUT2D eigenvalue weighted by Crippen LogP contribution is 2.32. The lowest BCUT2D eigenvalue weighted by atomic mass is 10.1. The van der Waals surface area contributed by atoms with Crippen LogP contribution in [0.2, 0.25) is 0 Å². The number of amides is 2. The summed E-state index contributed by atoms with van der Waals surface area (Å²) in [6, 6.07) is 6.09. The van der Waals surface area contributed by atoms with Gasteiger partial charge >= 0.3 is 6.03 Å². The number of hydrogen-bond donors (Lipinski definition) is 1. The van der Waals surface area contributed by atoms with Crippen molar-refractivity contribution in [2.24, 2.45) is 14.1 Å². The van der Waals surface area contributed by atoms with Gasteiger partial charge in [-0.25, -0.2) is 9.78 Å². The molecule has 0 spiro atoms. The highest BCUT2D eigenvalue weighted by molar-refractivity contribution is 5.92. The van der Waals surface area contributed by atoms with Crippen LogP contribution in [0.4, 0.5) is 10.5 Å². The number of likely N-dealkylation sites (tertiary alicyclic amines) is 1. The lowest BCUT2D eigenvalue weighted by molar-refractivity contribution is 0.205. The van der Waals surface area contributed by atoms with Gasteiger partial charge in [0.05, 0.1) is 23.6 Å². The molecule has 4 heterocycles. The number of rotatable bonds is 2. The van der Waals surface area contributed by atoms with Gasteiger partial charge in [-0.3, -0.25) is 4.68 Å². The van der Waals surface area contributed by atoms with Crippen LogP contribution >= 0.6 is 0 Å². The van der Waals surface area contributed by atoms with E-state index in [0.29, 0.717) is 5.69 Å². The zero-order chi connectivity index (χ0) is 17.6. The largest absolute Gasteiger partial charge is 0.353 e. The Morgan fingerprint density at radius 2 is 2.20 bits per heavy atom. The van der Waals surface area contributed by atoms with Crippen molar-refractivity contribution in [2.75, 3.05) is 11.9 Å². The Morgan fingerprint density at radius 1 is 1.36 bits per heavy atom. The summed E-state index contributed by atoms with van der Waals surface area (Å²) in [4.78, 5) is 19.2. The molecule has 1 N–H and O–H groups in total. The second-order valence-corrected chi connectivity index (χ2v) is 6.63. The molecule has 3 aromatic rings.